The van der Waals surface area contributed by atoms with Crippen molar-refractivity contribution in [3.63, 3.8) is 0 Å². The number of hydrazine groups is 1. The molecule has 1 atom stereocenters. The third-order valence-electron chi connectivity index (χ3n) is 3.37. The normalized spacial score (nSPS) is 16.1. The standard InChI is InChI=1S/C16H13Cl2N3O2S/c17-9-4-3-6-11(15(9)18)20-21-14(22)8-13-16(23)19-10-5-1-2-7-12(10)24-13/h1-7,13,20H,8H2,(H,19,23)(H,21,22)/t13-/m0/s1. The molecule has 0 saturated heterocycles. The van der Waals surface area contributed by atoms with Crippen LogP contribution in [0.1, 0.15) is 6.42 Å². The number of amides is 2. The van der Waals surface area contributed by atoms with Crippen LogP contribution >= 0.6 is 35.0 Å². The van der Waals surface area contributed by atoms with Gasteiger partial charge in [-0.25, -0.2) is 0 Å². The van der Waals surface area contributed by atoms with Crippen LogP contribution in [0, 0.1) is 0 Å². The molecule has 2 amide bonds. The Kier molecular flexibility index (Phi) is 5.18. The highest BCUT2D eigenvalue weighted by Crippen LogP contribution is 2.36. The van der Waals surface area contributed by atoms with Gasteiger partial charge in [-0.3, -0.25) is 20.4 Å². The molecule has 24 heavy (non-hydrogen) atoms. The average molecular weight is 382 g/mol. The molecule has 2 aromatic carbocycles. The van der Waals surface area contributed by atoms with E-state index < -0.39 is 5.25 Å². The summed E-state index contributed by atoms with van der Waals surface area (Å²) < 4.78 is 0. The van der Waals surface area contributed by atoms with Gasteiger partial charge in [-0.05, 0) is 24.3 Å². The lowest BCUT2D eigenvalue weighted by Crippen LogP contribution is -2.37. The summed E-state index contributed by atoms with van der Waals surface area (Å²) in [5.74, 6) is -0.507. The second-order valence-corrected chi connectivity index (χ2v) is 7.10. The Bertz CT molecular complexity index is 801. The minimum atomic E-state index is -0.489. The average Bonchev–Trinajstić information content (AvgIpc) is 2.57. The molecule has 5 nitrogen and oxygen atoms in total. The van der Waals surface area contributed by atoms with E-state index in [9.17, 15) is 9.59 Å². The smallest absolute Gasteiger partial charge is 0.239 e. The Hall–Kier alpha value is -1.89. The molecular weight excluding hydrogens is 369 g/mol. The number of para-hydroxylation sites is 1. The SMILES string of the molecule is O=C(C[C@@H]1Sc2ccccc2NC1=O)NNc1cccc(Cl)c1Cl. The maximum atomic E-state index is 12.1. The maximum absolute atomic E-state index is 12.1. The fourth-order valence-electron chi connectivity index (χ4n) is 2.18. The number of nitrogens with one attached hydrogen (secondary N) is 3. The Balaban J connectivity index is 1.59. The zero-order chi connectivity index (χ0) is 17.1. The van der Waals surface area contributed by atoms with Gasteiger partial charge in [0.15, 0.2) is 0 Å². The highest BCUT2D eigenvalue weighted by molar-refractivity contribution is 8.01. The minimum absolute atomic E-state index is 0.0377. The molecule has 0 aliphatic carbocycles. The third-order valence-corrected chi connectivity index (χ3v) is 5.46. The lowest BCUT2D eigenvalue weighted by Gasteiger charge is -2.23. The Morgan fingerprint density at radius 1 is 1.17 bits per heavy atom. The van der Waals surface area contributed by atoms with Crippen LogP contribution < -0.4 is 16.2 Å². The van der Waals surface area contributed by atoms with Gasteiger partial charge in [-0.15, -0.1) is 11.8 Å². The van der Waals surface area contributed by atoms with Gasteiger partial charge in [0.25, 0.3) is 0 Å². The number of halogens is 2. The second-order valence-electron chi connectivity index (χ2n) is 5.07. The minimum Gasteiger partial charge on any atom is -0.324 e. The topological polar surface area (TPSA) is 70.2 Å². The summed E-state index contributed by atoms with van der Waals surface area (Å²) in [6.07, 6.45) is 0.0377. The summed E-state index contributed by atoms with van der Waals surface area (Å²) in [7, 11) is 0. The van der Waals surface area contributed by atoms with Gasteiger partial charge in [-0.2, -0.15) is 0 Å². The molecule has 0 fully saturated rings. The molecular formula is C16H13Cl2N3O2S. The van der Waals surface area contributed by atoms with Crippen molar-refractivity contribution in [2.24, 2.45) is 0 Å². The third kappa shape index (κ3) is 3.77. The lowest BCUT2D eigenvalue weighted by molar-refractivity contribution is -0.123. The van der Waals surface area contributed by atoms with E-state index in [1.54, 1.807) is 18.2 Å². The summed E-state index contributed by atoms with van der Waals surface area (Å²) in [6, 6.07) is 12.5. The van der Waals surface area contributed by atoms with Gasteiger partial charge in [-0.1, -0.05) is 41.4 Å². The van der Waals surface area contributed by atoms with Crippen LogP contribution in [0.5, 0.6) is 0 Å². The first-order chi connectivity index (χ1) is 11.5. The van der Waals surface area contributed by atoms with Gasteiger partial charge in [0.05, 0.1) is 26.7 Å². The van der Waals surface area contributed by atoms with Gasteiger partial charge in [0, 0.05) is 11.3 Å². The van der Waals surface area contributed by atoms with Crippen molar-refractivity contribution in [2.45, 2.75) is 16.6 Å². The van der Waals surface area contributed by atoms with Crippen LogP contribution in [0.2, 0.25) is 10.0 Å². The highest BCUT2D eigenvalue weighted by Gasteiger charge is 2.28. The maximum Gasteiger partial charge on any atom is 0.239 e. The summed E-state index contributed by atoms with van der Waals surface area (Å²) >= 11 is 13.3. The number of benzene rings is 2. The first kappa shape index (κ1) is 17.0. The van der Waals surface area contributed by atoms with E-state index in [0.29, 0.717) is 15.7 Å². The molecule has 0 radical (unpaired) electrons. The Morgan fingerprint density at radius 2 is 1.96 bits per heavy atom. The number of thioether (sulfide) groups is 1. The number of fused-ring (bicyclic) bond motifs is 1. The fraction of sp³-hybridized carbons (Fsp3) is 0.125. The van der Waals surface area contributed by atoms with Crippen LogP contribution in [0.25, 0.3) is 0 Å². The number of carbonyl (C=O) groups excluding carboxylic acids is 2. The van der Waals surface area contributed by atoms with Crippen molar-refractivity contribution < 1.29 is 9.59 Å². The van der Waals surface area contributed by atoms with Crippen LogP contribution in [0.15, 0.2) is 47.4 Å². The first-order valence-electron chi connectivity index (χ1n) is 7.10. The highest BCUT2D eigenvalue weighted by atomic mass is 35.5. The predicted octanol–water partition coefficient (Wildman–Crippen LogP) is 3.94. The summed E-state index contributed by atoms with van der Waals surface area (Å²) in [6.45, 7) is 0. The number of anilines is 2. The quantitative estimate of drug-likeness (QED) is 0.701. The fourth-order valence-corrected chi connectivity index (χ4v) is 3.64. The van der Waals surface area contributed by atoms with Crippen LogP contribution in [-0.2, 0) is 9.59 Å². The molecule has 3 rings (SSSR count). The lowest BCUT2D eigenvalue weighted by atomic mass is 10.2. The molecule has 0 unspecified atom stereocenters. The largest absolute Gasteiger partial charge is 0.324 e. The van der Waals surface area contributed by atoms with Gasteiger partial charge in [0.1, 0.15) is 0 Å². The van der Waals surface area contributed by atoms with Crippen molar-refractivity contribution in [3.8, 4) is 0 Å². The second kappa shape index (κ2) is 7.34. The Morgan fingerprint density at radius 3 is 2.79 bits per heavy atom. The molecule has 0 saturated carbocycles. The van der Waals surface area contributed by atoms with E-state index >= 15 is 0 Å². The number of hydrogen-bond donors (Lipinski definition) is 3. The molecule has 1 aliphatic rings. The van der Waals surface area contributed by atoms with Gasteiger partial charge < -0.3 is 5.32 Å². The number of rotatable bonds is 4. The van der Waals surface area contributed by atoms with E-state index in [0.717, 1.165) is 10.6 Å². The van der Waals surface area contributed by atoms with E-state index in [4.69, 9.17) is 23.2 Å². The van der Waals surface area contributed by atoms with Gasteiger partial charge >= 0.3 is 0 Å². The van der Waals surface area contributed by atoms with Crippen molar-refractivity contribution >= 4 is 58.2 Å². The van der Waals surface area contributed by atoms with Crippen molar-refractivity contribution in [3.05, 3.63) is 52.5 Å². The van der Waals surface area contributed by atoms with Crippen molar-refractivity contribution in [1.29, 1.82) is 0 Å². The first-order valence-corrected chi connectivity index (χ1v) is 8.73. The molecule has 2 aromatic rings. The van der Waals surface area contributed by atoms with Crippen molar-refractivity contribution in [2.75, 3.05) is 10.7 Å². The summed E-state index contributed by atoms with van der Waals surface area (Å²) in [4.78, 5) is 25.1. The number of carbonyl (C=O) groups is 2. The van der Waals surface area contributed by atoms with E-state index in [2.05, 4.69) is 16.2 Å². The molecule has 0 aromatic heterocycles. The molecule has 1 aliphatic heterocycles. The molecule has 0 spiro atoms. The molecule has 1 heterocycles. The zero-order valence-electron chi connectivity index (χ0n) is 12.3. The van der Waals surface area contributed by atoms with Crippen LogP contribution in [-0.4, -0.2) is 17.1 Å². The summed E-state index contributed by atoms with van der Waals surface area (Å²) in [5.41, 5.74) is 6.51. The van der Waals surface area contributed by atoms with E-state index in [1.807, 2.05) is 24.3 Å². The molecule has 8 heteroatoms. The molecule has 124 valence electrons. The Labute approximate surface area is 153 Å². The van der Waals surface area contributed by atoms with E-state index in [-0.39, 0.29) is 18.2 Å². The van der Waals surface area contributed by atoms with Crippen molar-refractivity contribution in [1.82, 2.24) is 5.43 Å². The summed E-state index contributed by atoms with van der Waals surface area (Å²) in [5, 5.41) is 3.02. The van der Waals surface area contributed by atoms with Crippen LogP contribution in [0.4, 0.5) is 11.4 Å². The van der Waals surface area contributed by atoms with E-state index in [1.165, 1.54) is 11.8 Å². The molecule has 3 N–H and O–H groups in total. The zero-order valence-corrected chi connectivity index (χ0v) is 14.6. The predicted molar refractivity (Wildman–Crippen MR) is 97.6 cm³/mol. The number of hydrogen-bond acceptors (Lipinski definition) is 4. The molecule has 0 bridgehead atoms. The van der Waals surface area contributed by atoms with Crippen LogP contribution in [0.3, 0.4) is 0 Å². The van der Waals surface area contributed by atoms with Gasteiger partial charge in [0.2, 0.25) is 11.8 Å². The monoisotopic (exact) mass is 381 g/mol.